The van der Waals surface area contributed by atoms with E-state index in [2.05, 4.69) is 21.9 Å². The molecule has 1 heterocycles. The SMILES string of the molecule is CCC(C)(C)CNS(=O)(=O)c1c[nH]c(CNC)c1. The second kappa shape index (κ2) is 5.86. The molecular weight excluding hydrogens is 250 g/mol. The molecule has 3 N–H and O–H groups in total. The van der Waals surface area contributed by atoms with Gasteiger partial charge in [0.2, 0.25) is 10.0 Å². The summed E-state index contributed by atoms with van der Waals surface area (Å²) in [5.74, 6) is 0. The number of hydrogen-bond acceptors (Lipinski definition) is 3. The maximum atomic E-state index is 12.1. The zero-order valence-corrected chi connectivity index (χ0v) is 12.3. The van der Waals surface area contributed by atoms with Gasteiger partial charge in [-0.15, -0.1) is 0 Å². The number of sulfonamides is 1. The minimum atomic E-state index is -3.41. The van der Waals surface area contributed by atoms with Crippen molar-refractivity contribution < 1.29 is 8.42 Å². The normalized spacial score (nSPS) is 12.9. The largest absolute Gasteiger partial charge is 0.363 e. The van der Waals surface area contributed by atoms with Crippen molar-refractivity contribution in [2.24, 2.45) is 5.41 Å². The smallest absolute Gasteiger partial charge is 0.242 e. The summed E-state index contributed by atoms with van der Waals surface area (Å²) in [5.41, 5.74) is 0.824. The predicted molar refractivity (Wildman–Crippen MR) is 72.8 cm³/mol. The molecule has 0 saturated heterocycles. The number of hydrogen-bond donors (Lipinski definition) is 3. The van der Waals surface area contributed by atoms with Crippen molar-refractivity contribution >= 4 is 10.0 Å². The van der Waals surface area contributed by atoms with Crippen LogP contribution in [0.5, 0.6) is 0 Å². The molecule has 18 heavy (non-hydrogen) atoms. The molecule has 0 aliphatic heterocycles. The number of nitrogens with one attached hydrogen (secondary N) is 3. The zero-order chi connectivity index (χ0) is 13.8. The van der Waals surface area contributed by atoms with Gasteiger partial charge in [0, 0.05) is 25.0 Å². The first-order valence-electron chi connectivity index (χ1n) is 6.12. The molecule has 0 atom stereocenters. The highest BCUT2D eigenvalue weighted by atomic mass is 32.2. The van der Waals surface area contributed by atoms with Crippen molar-refractivity contribution in [1.82, 2.24) is 15.0 Å². The third-order valence-corrected chi connectivity index (χ3v) is 4.47. The number of aromatic amines is 1. The van der Waals surface area contributed by atoms with E-state index in [0.717, 1.165) is 12.1 Å². The summed E-state index contributed by atoms with van der Waals surface area (Å²) < 4.78 is 26.8. The maximum absolute atomic E-state index is 12.1. The average molecular weight is 273 g/mol. The van der Waals surface area contributed by atoms with Crippen molar-refractivity contribution in [2.75, 3.05) is 13.6 Å². The van der Waals surface area contributed by atoms with Crippen LogP contribution in [0.2, 0.25) is 0 Å². The van der Waals surface area contributed by atoms with E-state index in [-0.39, 0.29) is 5.41 Å². The summed E-state index contributed by atoms with van der Waals surface area (Å²) in [7, 11) is -1.59. The van der Waals surface area contributed by atoms with Crippen LogP contribution in [0, 0.1) is 5.41 Å². The van der Waals surface area contributed by atoms with E-state index in [4.69, 9.17) is 0 Å². The minimum Gasteiger partial charge on any atom is -0.363 e. The Bertz CT molecular complexity index is 477. The molecule has 0 spiro atoms. The van der Waals surface area contributed by atoms with Crippen LogP contribution in [0.3, 0.4) is 0 Å². The molecule has 0 aliphatic carbocycles. The van der Waals surface area contributed by atoms with Crippen LogP contribution in [-0.4, -0.2) is 27.0 Å². The average Bonchev–Trinajstić information content (AvgIpc) is 2.77. The Morgan fingerprint density at radius 3 is 2.61 bits per heavy atom. The van der Waals surface area contributed by atoms with E-state index in [1.54, 1.807) is 6.07 Å². The summed E-state index contributed by atoms with van der Waals surface area (Å²) >= 11 is 0. The molecule has 0 aromatic carbocycles. The van der Waals surface area contributed by atoms with Gasteiger partial charge in [-0.3, -0.25) is 0 Å². The fourth-order valence-electron chi connectivity index (χ4n) is 1.37. The van der Waals surface area contributed by atoms with Gasteiger partial charge in [0.25, 0.3) is 0 Å². The van der Waals surface area contributed by atoms with Gasteiger partial charge >= 0.3 is 0 Å². The summed E-state index contributed by atoms with van der Waals surface area (Å²) in [6.45, 7) is 7.20. The van der Waals surface area contributed by atoms with Gasteiger partial charge in [-0.05, 0) is 24.9 Å². The number of rotatable bonds is 7. The first kappa shape index (κ1) is 15.2. The fourth-order valence-corrected chi connectivity index (χ4v) is 2.62. The summed E-state index contributed by atoms with van der Waals surface area (Å²) in [5, 5.41) is 2.97. The third-order valence-electron chi connectivity index (χ3n) is 3.09. The van der Waals surface area contributed by atoms with E-state index < -0.39 is 10.0 Å². The van der Waals surface area contributed by atoms with Crippen LogP contribution in [0.15, 0.2) is 17.2 Å². The van der Waals surface area contributed by atoms with Gasteiger partial charge in [-0.2, -0.15) is 0 Å². The Morgan fingerprint density at radius 1 is 1.39 bits per heavy atom. The molecule has 0 amide bonds. The molecule has 0 radical (unpaired) electrons. The van der Waals surface area contributed by atoms with Gasteiger partial charge in [0.15, 0.2) is 0 Å². The zero-order valence-electron chi connectivity index (χ0n) is 11.5. The van der Waals surface area contributed by atoms with Crippen LogP contribution >= 0.6 is 0 Å². The Labute approximate surface area is 109 Å². The highest BCUT2D eigenvalue weighted by molar-refractivity contribution is 7.89. The van der Waals surface area contributed by atoms with Crippen LogP contribution in [-0.2, 0) is 16.6 Å². The molecule has 1 rings (SSSR count). The lowest BCUT2D eigenvalue weighted by molar-refractivity contribution is 0.350. The maximum Gasteiger partial charge on any atom is 0.242 e. The second-order valence-corrected chi connectivity index (χ2v) is 7.00. The van der Waals surface area contributed by atoms with Crippen LogP contribution in [0.4, 0.5) is 0 Å². The Morgan fingerprint density at radius 2 is 2.06 bits per heavy atom. The summed E-state index contributed by atoms with van der Waals surface area (Å²) in [6, 6.07) is 1.65. The van der Waals surface area contributed by atoms with Crippen LogP contribution in [0.1, 0.15) is 32.9 Å². The first-order chi connectivity index (χ1) is 8.30. The van der Waals surface area contributed by atoms with Gasteiger partial charge in [-0.1, -0.05) is 20.8 Å². The van der Waals surface area contributed by atoms with E-state index >= 15 is 0 Å². The van der Waals surface area contributed by atoms with Crippen molar-refractivity contribution in [2.45, 2.75) is 38.6 Å². The Kier molecular flexibility index (Phi) is 4.95. The topological polar surface area (TPSA) is 74.0 Å². The summed E-state index contributed by atoms with van der Waals surface area (Å²) in [6.07, 6.45) is 2.45. The van der Waals surface area contributed by atoms with Gasteiger partial charge in [0.1, 0.15) is 0 Å². The second-order valence-electron chi connectivity index (χ2n) is 5.23. The summed E-state index contributed by atoms with van der Waals surface area (Å²) in [4.78, 5) is 3.23. The first-order valence-corrected chi connectivity index (χ1v) is 7.60. The van der Waals surface area contributed by atoms with E-state index in [9.17, 15) is 8.42 Å². The van der Waals surface area contributed by atoms with E-state index in [1.165, 1.54) is 6.20 Å². The standard InChI is InChI=1S/C12H23N3O2S/c1-5-12(2,3)9-15-18(16,17)11-6-10(7-13-4)14-8-11/h6,8,13-15H,5,7,9H2,1-4H3. The van der Waals surface area contributed by atoms with Crippen LogP contribution in [0.25, 0.3) is 0 Å². The molecule has 0 unspecified atom stereocenters. The minimum absolute atomic E-state index is 0.0306. The molecule has 0 fully saturated rings. The molecule has 0 aliphatic rings. The molecule has 1 aromatic rings. The number of H-pyrrole nitrogens is 1. The molecule has 0 bridgehead atoms. The molecule has 1 aromatic heterocycles. The highest BCUT2D eigenvalue weighted by Gasteiger charge is 2.21. The van der Waals surface area contributed by atoms with Crippen LogP contribution < -0.4 is 10.0 Å². The molecular formula is C12H23N3O2S. The van der Waals surface area contributed by atoms with Gasteiger partial charge in [0.05, 0.1) is 4.90 Å². The molecule has 104 valence electrons. The van der Waals surface area contributed by atoms with Crippen molar-refractivity contribution in [3.8, 4) is 0 Å². The van der Waals surface area contributed by atoms with E-state index in [0.29, 0.717) is 18.0 Å². The Hall–Kier alpha value is -0.850. The highest BCUT2D eigenvalue weighted by Crippen LogP contribution is 2.19. The quantitative estimate of drug-likeness (QED) is 0.704. The van der Waals surface area contributed by atoms with Gasteiger partial charge in [-0.25, -0.2) is 13.1 Å². The molecule has 0 saturated carbocycles. The molecule has 5 nitrogen and oxygen atoms in total. The predicted octanol–water partition coefficient (Wildman–Crippen LogP) is 1.45. The lowest BCUT2D eigenvalue weighted by Crippen LogP contribution is -2.33. The monoisotopic (exact) mass is 273 g/mol. The Balaban J connectivity index is 2.74. The fraction of sp³-hybridized carbons (Fsp3) is 0.667. The number of aromatic nitrogens is 1. The van der Waals surface area contributed by atoms with Gasteiger partial charge < -0.3 is 10.3 Å². The van der Waals surface area contributed by atoms with E-state index in [1.807, 2.05) is 20.9 Å². The lowest BCUT2D eigenvalue weighted by atomic mass is 9.91. The van der Waals surface area contributed by atoms with Crippen molar-refractivity contribution in [3.63, 3.8) is 0 Å². The van der Waals surface area contributed by atoms with Crippen molar-refractivity contribution in [3.05, 3.63) is 18.0 Å². The molecule has 6 heteroatoms. The third kappa shape index (κ3) is 4.12. The van der Waals surface area contributed by atoms with Crippen molar-refractivity contribution in [1.29, 1.82) is 0 Å². The lowest BCUT2D eigenvalue weighted by Gasteiger charge is -2.22.